The number of rotatable bonds is 12. The number of carboxylic acids is 1. The number of fused-ring (bicyclic) bond motifs is 1. The number of carboxylic acid groups (broad SMARTS) is 1. The zero-order chi connectivity index (χ0) is 28.9. The lowest BCUT2D eigenvalue weighted by Crippen LogP contribution is -2.47. The molecule has 1 aliphatic rings. The van der Waals surface area contributed by atoms with E-state index in [-0.39, 0.29) is 23.5 Å². The van der Waals surface area contributed by atoms with Gasteiger partial charge in [0.1, 0.15) is 4.90 Å². The zero-order valence-corrected chi connectivity index (χ0v) is 23.9. The van der Waals surface area contributed by atoms with Crippen LogP contribution in [0, 0.1) is 5.92 Å². The number of pyridine rings is 1. The number of benzene rings is 2. The quantitative estimate of drug-likeness (QED) is 0.285. The predicted octanol–water partition coefficient (Wildman–Crippen LogP) is 4.00. The van der Waals surface area contributed by atoms with Crippen LogP contribution in [0.1, 0.15) is 37.0 Å². The minimum atomic E-state index is -3.94. The highest BCUT2D eigenvalue weighted by atomic mass is 32.2. The van der Waals surface area contributed by atoms with E-state index in [1.54, 1.807) is 24.3 Å². The maximum absolute atomic E-state index is 13.4. The fraction of sp³-hybridized carbons (Fsp3) is 0.355. The molecule has 0 fully saturated rings. The van der Waals surface area contributed by atoms with Crippen molar-refractivity contribution in [2.24, 2.45) is 5.92 Å². The van der Waals surface area contributed by atoms with Crippen LogP contribution in [-0.4, -0.2) is 65.7 Å². The van der Waals surface area contributed by atoms with Crippen molar-refractivity contribution < 1.29 is 23.4 Å². The van der Waals surface area contributed by atoms with Crippen molar-refractivity contribution in [1.82, 2.24) is 14.6 Å². The van der Waals surface area contributed by atoms with Crippen molar-refractivity contribution >= 4 is 22.1 Å². The number of carbonyl (C=O) groups is 1. The normalized spacial score (nSPS) is 15.0. The number of nitrogens with one attached hydrogen (secondary N) is 1. The number of nitrogens with zero attached hydrogens (tertiary/aromatic N) is 2. The second-order valence-corrected chi connectivity index (χ2v) is 13.2. The van der Waals surface area contributed by atoms with E-state index in [0.717, 1.165) is 29.6 Å². The second-order valence-electron chi connectivity index (χ2n) is 11.1. The predicted molar refractivity (Wildman–Crippen MR) is 156 cm³/mol. The molecule has 212 valence electrons. The standard InChI is InChI=1S/C31H37N3O5S/c1-31(2,17-22-14-24-9-4-5-10-25(24)15-22)33-19-27(35)21-34(3)40(38,39)28-16-26(18-32-20-28)29-11-7-6-8-23(29)12-13-30(36)37/h4-13,16,18,20,22,27,33,35H,14-15,17,19,21H2,1-3H3,(H,36,37)/b13-12+/t27-/m1/s1. The number of hydrogen-bond acceptors (Lipinski definition) is 6. The molecule has 0 saturated carbocycles. The van der Waals surface area contributed by atoms with Crippen LogP contribution in [0.25, 0.3) is 17.2 Å². The van der Waals surface area contributed by atoms with Gasteiger partial charge >= 0.3 is 5.97 Å². The van der Waals surface area contributed by atoms with Crippen molar-refractivity contribution in [2.75, 3.05) is 20.1 Å². The molecule has 4 rings (SSSR count). The molecule has 0 amide bonds. The number of sulfonamides is 1. The van der Waals surface area contributed by atoms with Crippen molar-refractivity contribution in [3.8, 4) is 11.1 Å². The molecule has 8 nitrogen and oxygen atoms in total. The second kappa shape index (κ2) is 12.4. The largest absolute Gasteiger partial charge is 0.478 e. The van der Waals surface area contributed by atoms with Crippen molar-refractivity contribution in [3.05, 3.63) is 89.8 Å². The molecular weight excluding hydrogens is 526 g/mol. The van der Waals surface area contributed by atoms with Gasteiger partial charge in [-0.15, -0.1) is 0 Å². The molecule has 0 aliphatic heterocycles. The summed E-state index contributed by atoms with van der Waals surface area (Å²) in [5, 5.41) is 23.2. The number of likely N-dealkylation sites (N-methyl/N-ethyl adjacent to an activating group) is 1. The molecule has 3 aromatic rings. The van der Waals surface area contributed by atoms with Crippen LogP contribution in [0.4, 0.5) is 0 Å². The van der Waals surface area contributed by atoms with Gasteiger partial charge in [-0.1, -0.05) is 48.5 Å². The third-order valence-electron chi connectivity index (χ3n) is 7.32. The summed E-state index contributed by atoms with van der Waals surface area (Å²) in [5.41, 5.74) is 4.43. The molecule has 0 radical (unpaired) electrons. The van der Waals surface area contributed by atoms with Gasteiger partial charge in [0.05, 0.1) is 6.10 Å². The molecule has 2 aromatic carbocycles. The average Bonchev–Trinajstić information content (AvgIpc) is 3.32. The summed E-state index contributed by atoms with van der Waals surface area (Å²) in [4.78, 5) is 15.1. The SMILES string of the molecule is CN(C[C@H](O)CNC(C)(C)CC1Cc2ccccc2C1)S(=O)(=O)c1cncc(-c2ccccc2/C=C/C(=O)O)c1. The van der Waals surface area contributed by atoms with Crippen LogP contribution >= 0.6 is 0 Å². The molecule has 3 N–H and O–H groups in total. The number of aliphatic hydroxyl groups is 1. The van der Waals surface area contributed by atoms with Gasteiger partial charge in [0, 0.05) is 49.7 Å². The molecule has 0 bridgehead atoms. The number of aliphatic carboxylic acids is 1. The Morgan fingerprint density at radius 3 is 2.45 bits per heavy atom. The molecule has 1 aliphatic carbocycles. The molecule has 0 saturated heterocycles. The van der Waals surface area contributed by atoms with Crippen LogP contribution in [0.15, 0.2) is 78.0 Å². The van der Waals surface area contributed by atoms with Crippen LogP contribution in [-0.2, 0) is 27.7 Å². The average molecular weight is 564 g/mol. The fourth-order valence-electron chi connectivity index (χ4n) is 5.40. The highest BCUT2D eigenvalue weighted by Crippen LogP contribution is 2.32. The molecule has 1 atom stereocenters. The third kappa shape index (κ3) is 7.42. The summed E-state index contributed by atoms with van der Waals surface area (Å²) in [7, 11) is -2.50. The monoisotopic (exact) mass is 563 g/mol. The van der Waals surface area contributed by atoms with Crippen LogP contribution in [0.2, 0.25) is 0 Å². The molecule has 1 heterocycles. The maximum Gasteiger partial charge on any atom is 0.328 e. The Morgan fingerprint density at radius 2 is 1.77 bits per heavy atom. The summed E-state index contributed by atoms with van der Waals surface area (Å²) < 4.78 is 27.8. The number of β-amino-alcohol motifs (C(OH)–C–C–N with tert-alkyl or cyclic N) is 1. The van der Waals surface area contributed by atoms with Gasteiger partial charge in [-0.3, -0.25) is 4.98 Å². The van der Waals surface area contributed by atoms with Crippen LogP contribution in [0.3, 0.4) is 0 Å². The van der Waals surface area contributed by atoms with Gasteiger partial charge in [-0.2, -0.15) is 4.31 Å². The Kier molecular flexibility index (Phi) is 9.20. The van der Waals surface area contributed by atoms with E-state index in [0.29, 0.717) is 22.6 Å². The molecular formula is C31H37N3O5S. The van der Waals surface area contributed by atoms with Crippen molar-refractivity contribution in [2.45, 2.75) is 49.6 Å². The molecule has 40 heavy (non-hydrogen) atoms. The lowest BCUT2D eigenvalue weighted by molar-refractivity contribution is -0.131. The first-order chi connectivity index (χ1) is 18.9. The summed E-state index contributed by atoms with van der Waals surface area (Å²) in [5.74, 6) is -0.545. The minimum Gasteiger partial charge on any atom is -0.478 e. The van der Waals surface area contributed by atoms with Gasteiger partial charge in [0.15, 0.2) is 0 Å². The Hall–Kier alpha value is -3.37. The summed E-state index contributed by atoms with van der Waals surface area (Å²) >= 11 is 0. The van der Waals surface area contributed by atoms with Gasteiger partial charge in [-0.25, -0.2) is 13.2 Å². The third-order valence-corrected chi connectivity index (χ3v) is 9.11. The Morgan fingerprint density at radius 1 is 1.12 bits per heavy atom. The Bertz CT molecular complexity index is 1460. The van der Waals surface area contributed by atoms with E-state index < -0.39 is 22.1 Å². The maximum atomic E-state index is 13.4. The summed E-state index contributed by atoms with van der Waals surface area (Å²) in [6.07, 6.45) is 7.46. The van der Waals surface area contributed by atoms with Gasteiger partial charge in [0.25, 0.3) is 0 Å². The molecule has 0 unspecified atom stereocenters. The highest BCUT2D eigenvalue weighted by Gasteiger charge is 2.29. The summed E-state index contributed by atoms with van der Waals surface area (Å²) in [6, 6.07) is 17.1. The molecule has 1 aromatic heterocycles. The lowest BCUT2D eigenvalue weighted by atomic mass is 9.88. The van der Waals surface area contributed by atoms with E-state index in [2.05, 4.69) is 48.4 Å². The van der Waals surface area contributed by atoms with Gasteiger partial charge in [-0.05, 0) is 73.4 Å². The topological polar surface area (TPSA) is 120 Å². The van der Waals surface area contributed by atoms with Crippen LogP contribution in [0.5, 0.6) is 0 Å². The van der Waals surface area contributed by atoms with Gasteiger partial charge < -0.3 is 15.5 Å². The molecule has 9 heteroatoms. The van der Waals surface area contributed by atoms with E-state index >= 15 is 0 Å². The van der Waals surface area contributed by atoms with Crippen molar-refractivity contribution in [3.63, 3.8) is 0 Å². The lowest BCUT2D eigenvalue weighted by Gasteiger charge is -2.31. The van der Waals surface area contributed by atoms with E-state index in [1.165, 1.54) is 42.7 Å². The number of aliphatic hydroxyl groups excluding tert-OH is 1. The van der Waals surface area contributed by atoms with E-state index in [9.17, 15) is 18.3 Å². The first kappa shape index (κ1) is 29.6. The Labute approximate surface area is 236 Å². The van der Waals surface area contributed by atoms with E-state index in [4.69, 9.17) is 5.11 Å². The first-order valence-electron chi connectivity index (χ1n) is 13.4. The van der Waals surface area contributed by atoms with Crippen LogP contribution < -0.4 is 5.32 Å². The van der Waals surface area contributed by atoms with Gasteiger partial charge in [0.2, 0.25) is 10.0 Å². The highest BCUT2D eigenvalue weighted by molar-refractivity contribution is 7.89. The number of hydrogen-bond donors (Lipinski definition) is 3. The smallest absolute Gasteiger partial charge is 0.328 e. The molecule has 0 spiro atoms. The van der Waals surface area contributed by atoms with E-state index in [1.807, 2.05) is 0 Å². The summed E-state index contributed by atoms with van der Waals surface area (Å²) in [6.45, 7) is 4.41. The Balaban J connectivity index is 1.37. The first-order valence-corrected chi connectivity index (χ1v) is 14.8. The van der Waals surface area contributed by atoms with Crippen molar-refractivity contribution in [1.29, 1.82) is 0 Å². The fourth-order valence-corrected chi connectivity index (χ4v) is 6.59. The zero-order valence-electron chi connectivity index (χ0n) is 23.1. The minimum absolute atomic E-state index is 0.00851. The number of aromatic nitrogens is 1.